The van der Waals surface area contributed by atoms with Gasteiger partial charge in [-0.05, 0) is 49.7 Å². The van der Waals surface area contributed by atoms with Gasteiger partial charge in [0.1, 0.15) is 0 Å². The fraction of sp³-hybridized carbons (Fsp3) is 0.200. The van der Waals surface area contributed by atoms with Crippen LogP contribution in [0.15, 0.2) is 73.8 Å². The van der Waals surface area contributed by atoms with Crippen molar-refractivity contribution in [2.45, 2.75) is 19.9 Å². The van der Waals surface area contributed by atoms with E-state index in [2.05, 4.69) is 62.6 Å². The second kappa shape index (κ2) is 8.60. The van der Waals surface area contributed by atoms with Gasteiger partial charge in [0.2, 0.25) is 0 Å². The molecule has 2 N–H and O–H groups in total. The number of fused-ring (bicyclic) bond motifs is 1. The van der Waals surface area contributed by atoms with E-state index in [0.29, 0.717) is 0 Å². The van der Waals surface area contributed by atoms with E-state index in [9.17, 15) is 0 Å². The van der Waals surface area contributed by atoms with Crippen LogP contribution in [0.5, 0.6) is 0 Å². The average Bonchev–Trinajstić information content (AvgIpc) is 3.65. The zero-order valence-corrected chi connectivity index (χ0v) is 18.9. The Hall–Kier alpha value is -4.24. The van der Waals surface area contributed by atoms with Gasteiger partial charge in [-0.25, -0.2) is 15.0 Å². The highest BCUT2D eigenvalue weighted by molar-refractivity contribution is 5.77. The maximum Gasteiger partial charge on any atom is 0.180 e. The van der Waals surface area contributed by atoms with Gasteiger partial charge in [0.25, 0.3) is 0 Å². The van der Waals surface area contributed by atoms with Crippen LogP contribution in [0, 0.1) is 0 Å². The normalized spacial score (nSPS) is 13.9. The monoisotopic (exact) mass is 451 g/mol. The first-order valence-corrected chi connectivity index (χ1v) is 11.4. The average molecular weight is 452 g/mol. The van der Waals surface area contributed by atoms with Crippen molar-refractivity contribution in [3.05, 3.63) is 79.5 Å². The van der Waals surface area contributed by atoms with Crippen LogP contribution >= 0.6 is 0 Å². The number of rotatable bonds is 6. The number of anilines is 2. The highest BCUT2D eigenvalue weighted by atomic mass is 15.3. The van der Waals surface area contributed by atoms with Crippen molar-refractivity contribution in [2.24, 2.45) is 0 Å². The van der Waals surface area contributed by atoms with E-state index in [1.165, 1.54) is 5.57 Å². The molecule has 34 heavy (non-hydrogen) atoms. The van der Waals surface area contributed by atoms with E-state index in [0.717, 1.165) is 65.8 Å². The third-order valence-electron chi connectivity index (χ3n) is 6.07. The summed E-state index contributed by atoms with van der Waals surface area (Å²) in [5.41, 5.74) is 6.98. The molecule has 0 fully saturated rings. The fourth-order valence-electron chi connectivity index (χ4n) is 4.23. The van der Waals surface area contributed by atoms with Crippen molar-refractivity contribution in [3.8, 4) is 16.9 Å². The lowest BCUT2D eigenvalue weighted by molar-refractivity contribution is 0.660. The molecule has 0 saturated carbocycles. The molecule has 0 aliphatic carbocycles. The van der Waals surface area contributed by atoms with E-state index < -0.39 is 0 Å². The number of hydrogen-bond donors (Lipinski definition) is 2. The molecule has 9 nitrogen and oxygen atoms in total. The van der Waals surface area contributed by atoms with Gasteiger partial charge in [0.15, 0.2) is 11.5 Å². The number of aryl methyl sites for hydroxylation is 1. The Kier molecular flexibility index (Phi) is 5.15. The van der Waals surface area contributed by atoms with Crippen molar-refractivity contribution in [1.29, 1.82) is 0 Å². The zero-order chi connectivity index (χ0) is 22.9. The van der Waals surface area contributed by atoms with Gasteiger partial charge < -0.3 is 15.2 Å². The Morgan fingerprint density at radius 1 is 1.12 bits per heavy atom. The summed E-state index contributed by atoms with van der Waals surface area (Å²) < 4.78 is 6.01. The molecule has 0 unspecified atom stereocenters. The molecule has 9 heteroatoms. The topological polar surface area (TPSA) is 89.9 Å². The molecular formula is C25H25N9. The zero-order valence-electron chi connectivity index (χ0n) is 18.9. The van der Waals surface area contributed by atoms with E-state index >= 15 is 0 Å². The predicted octanol–water partition coefficient (Wildman–Crippen LogP) is 3.92. The Labute approximate surface area is 196 Å². The molecule has 1 aliphatic rings. The molecule has 5 aromatic rings. The largest absolute Gasteiger partial charge is 0.337 e. The van der Waals surface area contributed by atoms with Gasteiger partial charge in [0.05, 0.1) is 30.1 Å². The number of benzene rings is 1. The SMILES string of the molecule is CCn1cc(-c2cnc3c(Nc4ccc(-n5ccnc5)cc4)nc(C4=CCNCC4)cn23)cn1. The summed E-state index contributed by atoms with van der Waals surface area (Å²) in [7, 11) is 0. The number of nitrogens with one attached hydrogen (secondary N) is 2. The molecule has 4 aromatic heterocycles. The maximum absolute atomic E-state index is 4.99. The minimum Gasteiger partial charge on any atom is -0.337 e. The highest BCUT2D eigenvalue weighted by Gasteiger charge is 2.17. The third kappa shape index (κ3) is 3.75. The summed E-state index contributed by atoms with van der Waals surface area (Å²) in [5, 5.41) is 11.3. The lowest BCUT2D eigenvalue weighted by Gasteiger charge is -2.16. The van der Waals surface area contributed by atoms with Gasteiger partial charge in [-0.1, -0.05) is 6.08 Å². The second-order valence-electron chi connectivity index (χ2n) is 8.22. The van der Waals surface area contributed by atoms with E-state index in [-0.39, 0.29) is 0 Å². The van der Waals surface area contributed by atoms with Gasteiger partial charge >= 0.3 is 0 Å². The molecule has 170 valence electrons. The van der Waals surface area contributed by atoms with Crippen LogP contribution in [0.4, 0.5) is 11.5 Å². The van der Waals surface area contributed by atoms with Crippen LogP contribution in [-0.4, -0.2) is 46.8 Å². The molecule has 0 saturated heterocycles. The number of imidazole rings is 2. The molecule has 5 heterocycles. The fourth-order valence-corrected chi connectivity index (χ4v) is 4.23. The summed E-state index contributed by atoms with van der Waals surface area (Å²) in [6.07, 6.45) is 16.6. The number of aromatic nitrogens is 7. The van der Waals surface area contributed by atoms with Gasteiger partial charge in [-0.15, -0.1) is 0 Å². The van der Waals surface area contributed by atoms with Crippen LogP contribution < -0.4 is 10.6 Å². The van der Waals surface area contributed by atoms with Crippen molar-refractivity contribution >= 4 is 22.7 Å². The lowest BCUT2D eigenvalue weighted by Crippen LogP contribution is -2.20. The Morgan fingerprint density at radius 2 is 2.03 bits per heavy atom. The van der Waals surface area contributed by atoms with Crippen LogP contribution in [0.25, 0.3) is 28.2 Å². The highest BCUT2D eigenvalue weighted by Crippen LogP contribution is 2.29. The maximum atomic E-state index is 4.99. The van der Waals surface area contributed by atoms with E-state index in [1.54, 1.807) is 12.5 Å². The van der Waals surface area contributed by atoms with Crippen molar-refractivity contribution in [2.75, 3.05) is 18.4 Å². The first-order valence-electron chi connectivity index (χ1n) is 11.4. The summed E-state index contributed by atoms with van der Waals surface area (Å²) in [4.78, 5) is 13.8. The standard InChI is InChI=1S/C25H25N9/c1-2-33-15-19(13-29-33)23-14-28-25-24(31-22(16-34(23)25)18-7-9-26-10-8-18)30-20-3-5-21(6-4-20)32-12-11-27-17-32/h3-7,11-17,26H,2,8-10H2,1H3,(H,30,31). The van der Waals surface area contributed by atoms with Crippen molar-refractivity contribution < 1.29 is 0 Å². The Bertz CT molecular complexity index is 1460. The smallest absolute Gasteiger partial charge is 0.180 e. The molecule has 0 amide bonds. The molecule has 0 radical (unpaired) electrons. The molecule has 0 atom stereocenters. The summed E-state index contributed by atoms with van der Waals surface area (Å²) in [5.74, 6) is 0.724. The summed E-state index contributed by atoms with van der Waals surface area (Å²) in [6, 6.07) is 8.19. The van der Waals surface area contributed by atoms with Gasteiger partial charge in [-0.3, -0.25) is 9.08 Å². The third-order valence-corrected chi connectivity index (χ3v) is 6.07. The molecule has 1 aromatic carbocycles. The first kappa shape index (κ1) is 20.4. The lowest BCUT2D eigenvalue weighted by atomic mass is 10.1. The molecule has 6 rings (SSSR count). The summed E-state index contributed by atoms with van der Waals surface area (Å²) >= 11 is 0. The van der Waals surface area contributed by atoms with Crippen LogP contribution in [0.3, 0.4) is 0 Å². The first-order chi connectivity index (χ1) is 16.8. The minimum atomic E-state index is 0.724. The van der Waals surface area contributed by atoms with Crippen molar-refractivity contribution in [3.63, 3.8) is 0 Å². The molecular weight excluding hydrogens is 426 g/mol. The van der Waals surface area contributed by atoms with Gasteiger partial charge in [-0.2, -0.15) is 5.10 Å². The van der Waals surface area contributed by atoms with Crippen molar-refractivity contribution in [1.82, 2.24) is 39.0 Å². The summed E-state index contributed by atoms with van der Waals surface area (Å²) in [6.45, 7) is 4.71. The predicted molar refractivity (Wildman–Crippen MR) is 132 cm³/mol. The second-order valence-corrected chi connectivity index (χ2v) is 8.22. The van der Waals surface area contributed by atoms with E-state index in [4.69, 9.17) is 9.97 Å². The molecule has 0 spiro atoms. The molecule has 0 bridgehead atoms. The van der Waals surface area contributed by atoms with E-state index in [1.807, 2.05) is 40.0 Å². The molecule has 1 aliphatic heterocycles. The number of nitrogens with zero attached hydrogens (tertiary/aromatic N) is 7. The Morgan fingerprint density at radius 3 is 2.76 bits per heavy atom. The Balaban J connectivity index is 1.42. The minimum absolute atomic E-state index is 0.724. The number of hydrogen-bond acceptors (Lipinski definition) is 6. The van der Waals surface area contributed by atoms with Crippen LogP contribution in [-0.2, 0) is 6.54 Å². The van der Waals surface area contributed by atoms with Crippen LogP contribution in [0.2, 0.25) is 0 Å². The quantitative estimate of drug-likeness (QED) is 0.407. The van der Waals surface area contributed by atoms with Crippen LogP contribution in [0.1, 0.15) is 19.0 Å². The van der Waals surface area contributed by atoms with Gasteiger partial charge in [0, 0.05) is 54.8 Å².